The number of benzene rings is 1. The summed E-state index contributed by atoms with van der Waals surface area (Å²) in [6, 6.07) is 9.44. The van der Waals surface area contributed by atoms with E-state index in [1.54, 1.807) is 6.20 Å². The second-order valence-corrected chi connectivity index (χ2v) is 5.27. The number of halogens is 1. The third-order valence-electron chi connectivity index (χ3n) is 2.69. The van der Waals surface area contributed by atoms with Gasteiger partial charge in [0.2, 0.25) is 5.91 Å². The molecule has 1 heterocycles. The highest BCUT2D eigenvalue weighted by Gasteiger charge is 2.01. The summed E-state index contributed by atoms with van der Waals surface area (Å²) in [7, 11) is 0. The molecule has 0 saturated carbocycles. The molecule has 0 saturated heterocycles. The predicted molar refractivity (Wildman–Crippen MR) is 82.5 cm³/mol. The molecule has 0 spiro atoms. The second kappa shape index (κ2) is 7.81. The minimum atomic E-state index is -0.0396. The first-order chi connectivity index (χ1) is 9.74. The number of carbonyl (C=O) groups excluding carboxylic acids is 1. The maximum absolute atomic E-state index is 11.7. The van der Waals surface area contributed by atoms with Crippen molar-refractivity contribution < 1.29 is 4.79 Å². The lowest BCUT2D eigenvalue weighted by molar-refractivity contribution is -0.115. The van der Waals surface area contributed by atoms with Crippen molar-refractivity contribution in [3.8, 4) is 0 Å². The molecule has 0 aliphatic heterocycles. The van der Waals surface area contributed by atoms with Gasteiger partial charge in [-0.1, -0.05) is 22.0 Å². The van der Waals surface area contributed by atoms with Crippen LogP contribution in [0.25, 0.3) is 0 Å². The van der Waals surface area contributed by atoms with Crippen LogP contribution in [0.1, 0.15) is 6.42 Å². The maximum atomic E-state index is 11.7. The molecular formula is C14H17BrN4O. The van der Waals surface area contributed by atoms with Crippen molar-refractivity contribution in [2.45, 2.75) is 13.0 Å². The van der Waals surface area contributed by atoms with Crippen LogP contribution in [0, 0.1) is 0 Å². The van der Waals surface area contributed by atoms with Gasteiger partial charge in [0, 0.05) is 29.1 Å². The van der Waals surface area contributed by atoms with Gasteiger partial charge in [-0.2, -0.15) is 5.10 Å². The molecule has 1 aromatic carbocycles. The normalized spacial score (nSPS) is 10.4. The molecular weight excluding hydrogens is 320 g/mol. The van der Waals surface area contributed by atoms with Crippen LogP contribution in [0.4, 0.5) is 5.69 Å². The fourth-order valence-corrected chi connectivity index (χ4v) is 2.17. The van der Waals surface area contributed by atoms with Crippen LogP contribution in [0.2, 0.25) is 0 Å². The number of aromatic nitrogens is 2. The van der Waals surface area contributed by atoms with Crippen molar-refractivity contribution in [3.63, 3.8) is 0 Å². The zero-order chi connectivity index (χ0) is 14.2. The molecule has 2 N–H and O–H groups in total. The Morgan fingerprint density at radius 3 is 3.00 bits per heavy atom. The Kier molecular flexibility index (Phi) is 5.76. The molecule has 0 aliphatic rings. The number of amides is 1. The molecule has 106 valence electrons. The van der Waals surface area contributed by atoms with Crippen molar-refractivity contribution >= 4 is 27.5 Å². The predicted octanol–water partition coefficient (Wildman–Crippen LogP) is 2.26. The Labute approximate surface area is 126 Å². The van der Waals surface area contributed by atoms with E-state index < -0.39 is 0 Å². The van der Waals surface area contributed by atoms with Gasteiger partial charge in [0.1, 0.15) is 0 Å². The van der Waals surface area contributed by atoms with Crippen LogP contribution >= 0.6 is 15.9 Å². The molecule has 2 rings (SSSR count). The fraction of sp³-hybridized carbons (Fsp3) is 0.286. The minimum Gasteiger partial charge on any atom is -0.325 e. The van der Waals surface area contributed by atoms with Gasteiger partial charge in [-0.3, -0.25) is 9.48 Å². The molecule has 1 aromatic heterocycles. The number of carbonyl (C=O) groups is 1. The first kappa shape index (κ1) is 14.7. The quantitative estimate of drug-likeness (QED) is 0.762. The van der Waals surface area contributed by atoms with Crippen LogP contribution in [-0.4, -0.2) is 28.8 Å². The van der Waals surface area contributed by atoms with Crippen molar-refractivity contribution in [2.75, 3.05) is 18.4 Å². The van der Waals surface area contributed by atoms with E-state index in [1.165, 1.54) is 0 Å². The molecule has 20 heavy (non-hydrogen) atoms. The number of hydrogen-bond acceptors (Lipinski definition) is 3. The van der Waals surface area contributed by atoms with Crippen molar-refractivity contribution in [1.29, 1.82) is 0 Å². The van der Waals surface area contributed by atoms with Gasteiger partial charge in [-0.25, -0.2) is 0 Å². The van der Waals surface area contributed by atoms with Crippen LogP contribution in [0.5, 0.6) is 0 Å². The van der Waals surface area contributed by atoms with E-state index in [-0.39, 0.29) is 5.91 Å². The van der Waals surface area contributed by atoms with E-state index in [2.05, 4.69) is 31.7 Å². The summed E-state index contributed by atoms with van der Waals surface area (Å²) in [5.41, 5.74) is 0.794. The van der Waals surface area contributed by atoms with E-state index in [0.717, 1.165) is 29.7 Å². The van der Waals surface area contributed by atoms with Gasteiger partial charge in [0.05, 0.1) is 6.54 Å². The standard InChI is InChI=1S/C14H17BrN4O/c15-12-4-1-5-13(10-12)18-14(20)11-16-6-2-8-19-9-3-7-17-19/h1,3-5,7,9-10,16H,2,6,8,11H2,(H,18,20). The zero-order valence-electron chi connectivity index (χ0n) is 11.1. The van der Waals surface area contributed by atoms with Gasteiger partial charge >= 0.3 is 0 Å². The third-order valence-corrected chi connectivity index (χ3v) is 3.19. The number of nitrogens with zero attached hydrogens (tertiary/aromatic N) is 2. The molecule has 5 nitrogen and oxygen atoms in total. The Morgan fingerprint density at radius 1 is 1.35 bits per heavy atom. The van der Waals surface area contributed by atoms with Gasteiger partial charge in [-0.15, -0.1) is 0 Å². The fourth-order valence-electron chi connectivity index (χ4n) is 1.77. The van der Waals surface area contributed by atoms with Crippen LogP contribution < -0.4 is 10.6 Å². The van der Waals surface area contributed by atoms with Crippen LogP contribution in [0.3, 0.4) is 0 Å². The number of anilines is 1. The van der Waals surface area contributed by atoms with Gasteiger partial charge in [-0.05, 0) is 37.2 Å². The Bertz CT molecular complexity index is 542. The molecule has 6 heteroatoms. The summed E-state index contributed by atoms with van der Waals surface area (Å²) in [5, 5.41) is 10.1. The van der Waals surface area contributed by atoms with E-state index in [4.69, 9.17) is 0 Å². The second-order valence-electron chi connectivity index (χ2n) is 4.36. The van der Waals surface area contributed by atoms with E-state index in [1.807, 2.05) is 41.2 Å². The molecule has 1 amide bonds. The summed E-state index contributed by atoms with van der Waals surface area (Å²) in [5.74, 6) is -0.0396. The summed E-state index contributed by atoms with van der Waals surface area (Å²) in [4.78, 5) is 11.7. The van der Waals surface area contributed by atoms with Gasteiger partial charge < -0.3 is 10.6 Å². The molecule has 0 atom stereocenters. The summed E-state index contributed by atoms with van der Waals surface area (Å²) in [6.07, 6.45) is 4.63. The van der Waals surface area contributed by atoms with E-state index >= 15 is 0 Å². The van der Waals surface area contributed by atoms with Crippen molar-refractivity contribution in [2.24, 2.45) is 0 Å². The lowest BCUT2D eigenvalue weighted by Gasteiger charge is -2.07. The molecule has 0 unspecified atom stereocenters. The number of nitrogens with one attached hydrogen (secondary N) is 2. The SMILES string of the molecule is O=C(CNCCCn1cccn1)Nc1cccc(Br)c1. The average molecular weight is 337 g/mol. The summed E-state index contributed by atoms with van der Waals surface area (Å²) in [6.45, 7) is 1.95. The Morgan fingerprint density at radius 2 is 2.25 bits per heavy atom. The smallest absolute Gasteiger partial charge is 0.238 e. The van der Waals surface area contributed by atoms with Crippen LogP contribution in [0.15, 0.2) is 47.2 Å². The molecule has 0 bridgehead atoms. The molecule has 2 aromatic rings. The Hall–Kier alpha value is -1.66. The summed E-state index contributed by atoms with van der Waals surface area (Å²) >= 11 is 3.37. The highest BCUT2D eigenvalue weighted by molar-refractivity contribution is 9.10. The van der Waals surface area contributed by atoms with Crippen LogP contribution in [-0.2, 0) is 11.3 Å². The number of hydrogen-bond donors (Lipinski definition) is 2. The largest absolute Gasteiger partial charge is 0.325 e. The highest BCUT2D eigenvalue weighted by atomic mass is 79.9. The first-order valence-corrected chi connectivity index (χ1v) is 7.27. The van der Waals surface area contributed by atoms with Gasteiger partial charge in [0.15, 0.2) is 0 Å². The topological polar surface area (TPSA) is 59.0 Å². The molecule has 0 radical (unpaired) electrons. The van der Waals surface area contributed by atoms with E-state index in [9.17, 15) is 4.79 Å². The molecule has 0 aliphatic carbocycles. The van der Waals surface area contributed by atoms with E-state index in [0.29, 0.717) is 6.54 Å². The summed E-state index contributed by atoms with van der Waals surface area (Å²) < 4.78 is 2.82. The third kappa shape index (κ3) is 5.14. The zero-order valence-corrected chi connectivity index (χ0v) is 12.6. The average Bonchev–Trinajstić information content (AvgIpc) is 2.91. The molecule has 0 fully saturated rings. The number of aryl methyl sites for hydroxylation is 1. The van der Waals surface area contributed by atoms with Crippen molar-refractivity contribution in [1.82, 2.24) is 15.1 Å². The Balaban J connectivity index is 1.60. The van der Waals surface area contributed by atoms with Gasteiger partial charge in [0.25, 0.3) is 0 Å². The first-order valence-electron chi connectivity index (χ1n) is 6.47. The lowest BCUT2D eigenvalue weighted by Crippen LogP contribution is -2.29. The maximum Gasteiger partial charge on any atom is 0.238 e. The highest BCUT2D eigenvalue weighted by Crippen LogP contribution is 2.15. The monoisotopic (exact) mass is 336 g/mol. The minimum absolute atomic E-state index is 0.0396. The lowest BCUT2D eigenvalue weighted by atomic mass is 10.3. The van der Waals surface area contributed by atoms with Crippen molar-refractivity contribution in [3.05, 3.63) is 47.2 Å². The number of rotatable bonds is 7.